The van der Waals surface area contributed by atoms with Crippen LogP contribution in [0.15, 0.2) is 78.9 Å². The van der Waals surface area contributed by atoms with Crippen molar-refractivity contribution in [3.05, 3.63) is 90.0 Å². The summed E-state index contributed by atoms with van der Waals surface area (Å²) >= 11 is 0. The lowest BCUT2D eigenvalue weighted by Crippen LogP contribution is -2.22. The van der Waals surface area contributed by atoms with Gasteiger partial charge in [0.25, 0.3) is 5.91 Å². The molecular formula is C24H24N2O. The van der Waals surface area contributed by atoms with Crippen molar-refractivity contribution in [2.75, 3.05) is 5.32 Å². The molecule has 2 atom stereocenters. The molecule has 3 aromatic carbocycles. The smallest absolute Gasteiger partial charge is 0.255 e. The van der Waals surface area contributed by atoms with Gasteiger partial charge in [-0.05, 0) is 53.8 Å². The standard InChI is InChI=1S/C24H24N2O/c1-2-24(25)16-22(24)20-9-6-10-21(15-20)26-23(27)19-13-11-18(12-14-19)17-7-4-3-5-8-17/h3-15,22H,2,16,25H2,1H3,(H,26,27)/t22-,24-/m0/s1. The molecule has 1 aliphatic rings. The Morgan fingerprint density at radius 3 is 2.37 bits per heavy atom. The van der Waals surface area contributed by atoms with Crippen molar-refractivity contribution in [3.8, 4) is 11.1 Å². The number of carbonyl (C=O) groups excluding carboxylic acids is 1. The Morgan fingerprint density at radius 2 is 1.70 bits per heavy atom. The van der Waals surface area contributed by atoms with E-state index in [0.29, 0.717) is 11.5 Å². The van der Waals surface area contributed by atoms with Crippen LogP contribution in [-0.4, -0.2) is 11.4 Å². The van der Waals surface area contributed by atoms with Gasteiger partial charge in [-0.15, -0.1) is 0 Å². The summed E-state index contributed by atoms with van der Waals surface area (Å²) in [5, 5.41) is 3.01. The fourth-order valence-electron chi connectivity index (χ4n) is 3.64. The van der Waals surface area contributed by atoms with Gasteiger partial charge in [-0.2, -0.15) is 0 Å². The van der Waals surface area contributed by atoms with Gasteiger partial charge in [0.05, 0.1) is 0 Å². The van der Waals surface area contributed by atoms with Gasteiger partial charge >= 0.3 is 0 Å². The molecule has 3 aromatic rings. The van der Waals surface area contributed by atoms with E-state index in [-0.39, 0.29) is 11.4 Å². The van der Waals surface area contributed by atoms with E-state index in [1.165, 1.54) is 5.56 Å². The number of benzene rings is 3. The van der Waals surface area contributed by atoms with Gasteiger partial charge in [0, 0.05) is 22.7 Å². The molecule has 0 spiro atoms. The third kappa shape index (κ3) is 3.64. The molecule has 1 aliphatic carbocycles. The summed E-state index contributed by atoms with van der Waals surface area (Å²) in [5.74, 6) is 0.293. The highest BCUT2D eigenvalue weighted by Crippen LogP contribution is 2.51. The molecule has 0 aliphatic heterocycles. The molecule has 3 heteroatoms. The summed E-state index contributed by atoms with van der Waals surface area (Å²) in [6, 6.07) is 25.9. The molecule has 0 heterocycles. The average Bonchev–Trinajstić information content (AvgIpc) is 3.41. The number of hydrogen-bond acceptors (Lipinski definition) is 2. The minimum atomic E-state index is -0.0999. The number of anilines is 1. The number of carbonyl (C=O) groups is 1. The Bertz CT molecular complexity index is 950. The Kier molecular flexibility index (Phi) is 4.54. The highest BCUT2D eigenvalue weighted by molar-refractivity contribution is 6.04. The van der Waals surface area contributed by atoms with E-state index >= 15 is 0 Å². The third-order valence-electron chi connectivity index (χ3n) is 5.58. The zero-order valence-electron chi connectivity index (χ0n) is 15.5. The Labute approximate surface area is 160 Å². The van der Waals surface area contributed by atoms with Gasteiger partial charge in [-0.1, -0.05) is 61.5 Å². The van der Waals surface area contributed by atoms with Crippen molar-refractivity contribution in [3.63, 3.8) is 0 Å². The number of nitrogens with one attached hydrogen (secondary N) is 1. The highest BCUT2D eigenvalue weighted by Gasteiger charge is 2.49. The lowest BCUT2D eigenvalue weighted by atomic mass is 10.0. The van der Waals surface area contributed by atoms with Crippen LogP contribution in [0.2, 0.25) is 0 Å². The van der Waals surface area contributed by atoms with Gasteiger partial charge in [0.2, 0.25) is 0 Å². The van der Waals surface area contributed by atoms with E-state index in [2.05, 4.69) is 30.4 Å². The second kappa shape index (κ2) is 7.01. The normalized spacial score (nSPS) is 20.9. The summed E-state index contributed by atoms with van der Waals surface area (Å²) in [7, 11) is 0. The maximum absolute atomic E-state index is 12.6. The van der Waals surface area contributed by atoms with E-state index in [9.17, 15) is 4.79 Å². The van der Waals surface area contributed by atoms with Gasteiger partial charge in [0.1, 0.15) is 0 Å². The minimum Gasteiger partial charge on any atom is -0.325 e. The Hall–Kier alpha value is -2.91. The zero-order valence-corrected chi connectivity index (χ0v) is 15.5. The van der Waals surface area contributed by atoms with Crippen molar-refractivity contribution in [2.24, 2.45) is 5.73 Å². The van der Waals surface area contributed by atoms with Crippen LogP contribution < -0.4 is 11.1 Å². The van der Waals surface area contributed by atoms with E-state index in [0.717, 1.165) is 29.7 Å². The second-order valence-electron chi connectivity index (χ2n) is 7.37. The largest absolute Gasteiger partial charge is 0.325 e. The van der Waals surface area contributed by atoms with Crippen molar-refractivity contribution in [1.29, 1.82) is 0 Å². The van der Waals surface area contributed by atoms with Crippen LogP contribution in [0, 0.1) is 0 Å². The number of nitrogens with two attached hydrogens (primary N) is 1. The Morgan fingerprint density at radius 1 is 1.00 bits per heavy atom. The molecule has 3 nitrogen and oxygen atoms in total. The van der Waals surface area contributed by atoms with Gasteiger partial charge in [-0.25, -0.2) is 0 Å². The van der Waals surface area contributed by atoms with Crippen LogP contribution in [0.1, 0.15) is 41.6 Å². The molecule has 27 heavy (non-hydrogen) atoms. The van der Waals surface area contributed by atoms with E-state index in [1.54, 1.807) is 0 Å². The molecule has 0 saturated heterocycles. The second-order valence-corrected chi connectivity index (χ2v) is 7.37. The summed E-state index contributed by atoms with van der Waals surface area (Å²) in [5.41, 5.74) is 11.2. The Balaban J connectivity index is 1.47. The van der Waals surface area contributed by atoms with Crippen LogP contribution in [0.3, 0.4) is 0 Å². The summed E-state index contributed by atoms with van der Waals surface area (Å²) in [6.45, 7) is 2.13. The average molecular weight is 356 g/mol. The van der Waals surface area contributed by atoms with E-state index in [1.807, 2.05) is 60.7 Å². The van der Waals surface area contributed by atoms with Crippen molar-refractivity contribution >= 4 is 11.6 Å². The molecule has 0 aromatic heterocycles. The summed E-state index contributed by atoms with van der Waals surface area (Å²) < 4.78 is 0. The number of amides is 1. The molecule has 0 bridgehead atoms. The van der Waals surface area contributed by atoms with Crippen molar-refractivity contribution < 1.29 is 4.79 Å². The topological polar surface area (TPSA) is 55.1 Å². The lowest BCUT2D eigenvalue weighted by Gasteiger charge is -2.11. The first kappa shape index (κ1) is 17.5. The van der Waals surface area contributed by atoms with Crippen LogP contribution in [0.25, 0.3) is 11.1 Å². The summed E-state index contributed by atoms with van der Waals surface area (Å²) in [4.78, 5) is 12.6. The molecule has 136 valence electrons. The van der Waals surface area contributed by atoms with Gasteiger partial charge in [0.15, 0.2) is 0 Å². The van der Waals surface area contributed by atoms with Crippen LogP contribution >= 0.6 is 0 Å². The first-order chi connectivity index (χ1) is 13.1. The van der Waals surface area contributed by atoms with Crippen molar-refractivity contribution in [1.82, 2.24) is 0 Å². The fraction of sp³-hybridized carbons (Fsp3) is 0.208. The molecule has 1 amide bonds. The van der Waals surface area contributed by atoms with Crippen LogP contribution in [0.4, 0.5) is 5.69 Å². The van der Waals surface area contributed by atoms with E-state index in [4.69, 9.17) is 5.73 Å². The zero-order chi connectivity index (χ0) is 18.9. The van der Waals surface area contributed by atoms with E-state index < -0.39 is 0 Å². The predicted molar refractivity (Wildman–Crippen MR) is 111 cm³/mol. The maximum atomic E-state index is 12.6. The number of rotatable bonds is 5. The predicted octanol–water partition coefficient (Wildman–Crippen LogP) is 5.20. The summed E-state index contributed by atoms with van der Waals surface area (Å²) in [6.07, 6.45) is 1.99. The highest BCUT2D eigenvalue weighted by atomic mass is 16.1. The molecule has 0 radical (unpaired) electrons. The van der Waals surface area contributed by atoms with Gasteiger partial charge < -0.3 is 11.1 Å². The van der Waals surface area contributed by atoms with Gasteiger partial charge in [-0.3, -0.25) is 4.79 Å². The molecule has 3 N–H and O–H groups in total. The lowest BCUT2D eigenvalue weighted by molar-refractivity contribution is 0.102. The SMILES string of the molecule is CC[C@]1(N)C[C@H]1c1cccc(NC(=O)c2ccc(-c3ccccc3)cc2)c1. The first-order valence-corrected chi connectivity index (χ1v) is 9.45. The van der Waals surface area contributed by atoms with Crippen LogP contribution in [0.5, 0.6) is 0 Å². The molecule has 0 unspecified atom stereocenters. The van der Waals surface area contributed by atoms with Crippen LogP contribution in [-0.2, 0) is 0 Å². The first-order valence-electron chi connectivity index (χ1n) is 9.45. The molecule has 1 saturated carbocycles. The monoisotopic (exact) mass is 356 g/mol. The molecule has 4 rings (SSSR count). The maximum Gasteiger partial charge on any atom is 0.255 e. The third-order valence-corrected chi connectivity index (χ3v) is 5.58. The van der Waals surface area contributed by atoms with Crippen molar-refractivity contribution in [2.45, 2.75) is 31.2 Å². The molecule has 1 fully saturated rings. The molecular weight excluding hydrogens is 332 g/mol. The minimum absolute atomic E-state index is 0.0735. The quantitative estimate of drug-likeness (QED) is 0.660. The fourth-order valence-corrected chi connectivity index (χ4v) is 3.64. The number of hydrogen-bond donors (Lipinski definition) is 2.